The number of hydrogen-bond donors (Lipinski definition) is 1. The second kappa shape index (κ2) is 7.46. The summed E-state index contributed by atoms with van der Waals surface area (Å²) in [6.45, 7) is 8.40. The molecule has 0 aromatic heterocycles. The zero-order chi connectivity index (χ0) is 10.3. The van der Waals surface area contributed by atoms with Crippen molar-refractivity contribution in [2.45, 2.75) is 39.9 Å². The van der Waals surface area contributed by atoms with Crippen LogP contribution >= 0.6 is 0 Å². The van der Waals surface area contributed by atoms with Crippen LogP contribution in [0.2, 0.25) is 0 Å². The minimum atomic E-state index is -1.65. The van der Waals surface area contributed by atoms with Gasteiger partial charge in [0.1, 0.15) is 0 Å². The van der Waals surface area contributed by atoms with Gasteiger partial charge >= 0.3 is 9.53 Å². The van der Waals surface area contributed by atoms with E-state index in [4.69, 9.17) is 13.3 Å². The minimum Gasteiger partial charge on any atom is -0.391 e. The molecule has 4 nitrogen and oxygen atoms in total. The molecule has 13 heavy (non-hydrogen) atoms. The number of aliphatic hydroxyl groups excluding tert-OH is 1. The van der Waals surface area contributed by atoms with Crippen molar-refractivity contribution in [1.82, 2.24) is 0 Å². The molecule has 2 atom stereocenters. The number of aliphatic hydroxyl groups is 1. The first kappa shape index (κ1) is 13.1. The molecule has 0 amide bonds. The SMILES string of the molecule is CCO[Si](OCC)OC(C)C(C)O. The standard InChI is InChI=1S/C8H19O4Si/c1-5-10-13(11-6-2)12-8(4)7(3)9/h7-9H,5-6H2,1-4H3. The van der Waals surface area contributed by atoms with Crippen LogP contribution in [-0.4, -0.2) is 40.1 Å². The Kier molecular flexibility index (Phi) is 7.49. The highest BCUT2D eigenvalue weighted by Crippen LogP contribution is 2.02. The zero-order valence-corrected chi connectivity index (χ0v) is 9.74. The summed E-state index contributed by atoms with van der Waals surface area (Å²) in [4.78, 5) is 0. The van der Waals surface area contributed by atoms with Gasteiger partial charge in [0.25, 0.3) is 0 Å². The smallest absolute Gasteiger partial charge is 0.391 e. The lowest BCUT2D eigenvalue weighted by Crippen LogP contribution is -2.35. The summed E-state index contributed by atoms with van der Waals surface area (Å²) in [6.07, 6.45) is -0.743. The molecule has 1 N–H and O–H groups in total. The molecule has 0 aromatic carbocycles. The van der Waals surface area contributed by atoms with E-state index in [-0.39, 0.29) is 6.10 Å². The third-order valence-electron chi connectivity index (χ3n) is 1.49. The molecule has 0 aliphatic rings. The molecule has 0 aliphatic carbocycles. The van der Waals surface area contributed by atoms with Crippen LogP contribution in [0.3, 0.4) is 0 Å². The van der Waals surface area contributed by atoms with Crippen LogP contribution in [0.5, 0.6) is 0 Å². The van der Waals surface area contributed by atoms with Gasteiger partial charge in [0.2, 0.25) is 0 Å². The third kappa shape index (κ3) is 6.17. The fraction of sp³-hybridized carbons (Fsp3) is 1.00. The Hall–Kier alpha value is 0.0569. The van der Waals surface area contributed by atoms with E-state index in [0.717, 1.165) is 0 Å². The molecule has 0 bridgehead atoms. The molecule has 2 unspecified atom stereocenters. The average Bonchev–Trinajstić information content (AvgIpc) is 2.05. The van der Waals surface area contributed by atoms with Crippen molar-refractivity contribution in [3.8, 4) is 0 Å². The predicted molar refractivity (Wildman–Crippen MR) is 51.2 cm³/mol. The molecule has 5 heteroatoms. The van der Waals surface area contributed by atoms with E-state index in [1.165, 1.54) is 0 Å². The monoisotopic (exact) mass is 207 g/mol. The quantitative estimate of drug-likeness (QED) is 0.628. The van der Waals surface area contributed by atoms with Crippen LogP contribution in [0.1, 0.15) is 27.7 Å². The predicted octanol–water partition coefficient (Wildman–Crippen LogP) is 0.830. The maximum Gasteiger partial charge on any atom is 0.578 e. The van der Waals surface area contributed by atoms with Crippen LogP contribution in [0.25, 0.3) is 0 Å². The van der Waals surface area contributed by atoms with Crippen LogP contribution in [0.4, 0.5) is 0 Å². The van der Waals surface area contributed by atoms with Crippen molar-refractivity contribution in [1.29, 1.82) is 0 Å². The van der Waals surface area contributed by atoms with E-state index in [0.29, 0.717) is 13.2 Å². The second-order valence-corrected chi connectivity index (χ2v) is 3.99. The van der Waals surface area contributed by atoms with Gasteiger partial charge in [-0.3, -0.25) is 0 Å². The second-order valence-electron chi connectivity index (χ2n) is 2.68. The molecular weight excluding hydrogens is 188 g/mol. The maximum absolute atomic E-state index is 9.19. The van der Waals surface area contributed by atoms with E-state index in [1.807, 2.05) is 13.8 Å². The molecule has 0 aliphatic heterocycles. The van der Waals surface area contributed by atoms with Gasteiger partial charge < -0.3 is 18.4 Å². The Morgan fingerprint density at radius 3 is 1.92 bits per heavy atom. The minimum absolute atomic E-state index is 0.244. The average molecular weight is 207 g/mol. The first-order chi connectivity index (χ1) is 6.11. The van der Waals surface area contributed by atoms with Gasteiger partial charge in [-0.25, -0.2) is 0 Å². The maximum atomic E-state index is 9.19. The number of hydrogen-bond acceptors (Lipinski definition) is 4. The molecule has 0 heterocycles. The first-order valence-electron chi connectivity index (χ1n) is 4.59. The van der Waals surface area contributed by atoms with Gasteiger partial charge in [0.05, 0.1) is 12.2 Å². The van der Waals surface area contributed by atoms with E-state index < -0.39 is 15.6 Å². The highest BCUT2D eigenvalue weighted by molar-refractivity contribution is 6.36. The molecular formula is C8H19O4Si. The lowest BCUT2D eigenvalue weighted by molar-refractivity contribution is 0.00706. The first-order valence-corrected chi connectivity index (χ1v) is 5.81. The van der Waals surface area contributed by atoms with Crippen LogP contribution in [0, 0.1) is 0 Å². The molecule has 0 spiro atoms. The van der Waals surface area contributed by atoms with Gasteiger partial charge in [-0.2, -0.15) is 0 Å². The summed E-state index contributed by atoms with van der Waals surface area (Å²) in [7, 11) is -1.65. The summed E-state index contributed by atoms with van der Waals surface area (Å²) in [6, 6.07) is 0. The fourth-order valence-corrected chi connectivity index (χ4v) is 1.79. The Morgan fingerprint density at radius 2 is 1.62 bits per heavy atom. The fourth-order valence-electron chi connectivity index (χ4n) is 0.596. The van der Waals surface area contributed by atoms with Gasteiger partial charge in [0, 0.05) is 13.2 Å². The number of rotatable bonds is 7. The Bertz CT molecular complexity index is 115. The highest BCUT2D eigenvalue weighted by atomic mass is 28.3. The largest absolute Gasteiger partial charge is 0.578 e. The molecule has 0 fully saturated rings. The van der Waals surface area contributed by atoms with E-state index in [9.17, 15) is 5.11 Å². The van der Waals surface area contributed by atoms with E-state index in [2.05, 4.69) is 0 Å². The summed E-state index contributed by atoms with van der Waals surface area (Å²) in [5.41, 5.74) is 0. The van der Waals surface area contributed by atoms with Crippen LogP contribution < -0.4 is 0 Å². The summed E-state index contributed by atoms with van der Waals surface area (Å²) in [5.74, 6) is 0. The highest BCUT2D eigenvalue weighted by Gasteiger charge is 2.23. The lowest BCUT2D eigenvalue weighted by atomic mass is 10.3. The van der Waals surface area contributed by atoms with Crippen molar-refractivity contribution < 1.29 is 18.4 Å². The van der Waals surface area contributed by atoms with Gasteiger partial charge in [-0.1, -0.05) is 0 Å². The molecule has 0 rings (SSSR count). The summed E-state index contributed by atoms with van der Waals surface area (Å²) in [5, 5.41) is 9.19. The van der Waals surface area contributed by atoms with Crippen molar-refractivity contribution in [3.05, 3.63) is 0 Å². The normalized spacial score (nSPS) is 16.2. The van der Waals surface area contributed by atoms with Crippen molar-refractivity contribution in [2.24, 2.45) is 0 Å². The van der Waals surface area contributed by atoms with Crippen molar-refractivity contribution in [3.63, 3.8) is 0 Å². The van der Waals surface area contributed by atoms with Gasteiger partial charge in [0.15, 0.2) is 0 Å². The molecule has 0 aromatic rings. The van der Waals surface area contributed by atoms with Gasteiger partial charge in [-0.05, 0) is 27.7 Å². The van der Waals surface area contributed by atoms with Crippen molar-refractivity contribution >= 4 is 9.53 Å². The Morgan fingerprint density at radius 1 is 1.15 bits per heavy atom. The summed E-state index contributed by atoms with van der Waals surface area (Å²) < 4.78 is 15.9. The molecule has 79 valence electrons. The van der Waals surface area contributed by atoms with Crippen molar-refractivity contribution in [2.75, 3.05) is 13.2 Å². The molecule has 0 saturated carbocycles. The topological polar surface area (TPSA) is 47.9 Å². The third-order valence-corrected chi connectivity index (χ3v) is 3.10. The molecule has 0 saturated heterocycles. The zero-order valence-electron chi connectivity index (χ0n) is 8.74. The van der Waals surface area contributed by atoms with Gasteiger partial charge in [-0.15, -0.1) is 0 Å². The Labute approximate surface area is 81.8 Å². The Balaban J connectivity index is 3.78. The van der Waals surface area contributed by atoms with Crippen LogP contribution in [-0.2, 0) is 13.3 Å². The lowest BCUT2D eigenvalue weighted by Gasteiger charge is -2.20. The van der Waals surface area contributed by atoms with Crippen LogP contribution in [0.15, 0.2) is 0 Å². The van der Waals surface area contributed by atoms with E-state index in [1.54, 1.807) is 13.8 Å². The molecule has 1 radical (unpaired) electrons. The summed E-state index contributed by atoms with van der Waals surface area (Å²) >= 11 is 0. The van der Waals surface area contributed by atoms with E-state index >= 15 is 0 Å².